The van der Waals surface area contributed by atoms with Crippen LogP contribution in [0.1, 0.15) is 83.2 Å². The van der Waals surface area contributed by atoms with Crippen molar-refractivity contribution in [3.05, 3.63) is 274 Å². The molecular formula is C65H51NS. The van der Waals surface area contributed by atoms with Crippen molar-refractivity contribution >= 4 is 54.0 Å². The minimum absolute atomic E-state index is 0.0726. The minimum atomic E-state index is -0.498. The van der Waals surface area contributed by atoms with Crippen LogP contribution in [0.3, 0.4) is 0 Å². The molecular weight excluding hydrogens is 827 g/mol. The first-order valence-corrected chi connectivity index (χ1v) is 25.2. The van der Waals surface area contributed by atoms with Crippen molar-refractivity contribution in [3.8, 4) is 0 Å². The van der Waals surface area contributed by atoms with Crippen LogP contribution in [0.25, 0.3) is 31.3 Å². The number of allylic oxidation sites excluding steroid dienone is 4. The maximum absolute atomic E-state index is 2.76. The van der Waals surface area contributed by atoms with Gasteiger partial charge in [-0.1, -0.05) is 202 Å². The highest BCUT2D eigenvalue weighted by Gasteiger charge is 2.65. The second kappa shape index (κ2) is 14.5. The highest BCUT2D eigenvalue weighted by molar-refractivity contribution is 7.25. The average molecular weight is 878 g/mol. The summed E-state index contributed by atoms with van der Waals surface area (Å²) in [6.07, 6.45) is 10.9. The van der Waals surface area contributed by atoms with Gasteiger partial charge in [0.05, 0.1) is 16.9 Å². The molecule has 2 heteroatoms. The van der Waals surface area contributed by atoms with Gasteiger partial charge in [0.1, 0.15) is 0 Å². The third-order valence-electron chi connectivity index (χ3n) is 16.8. The molecule has 1 heterocycles. The summed E-state index contributed by atoms with van der Waals surface area (Å²) in [5.74, 6) is 0.453. The minimum Gasteiger partial charge on any atom is -0.334 e. The Hall–Kier alpha value is -7.00. The van der Waals surface area contributed by atoms with Gasteiger partial charge in [0.25, 0.3) is 0 Å². The predicted molar refractivity (Wildman–Crippen MR) is 282 cm³/mol. The van der Waals surface area contributed by atoms with Crippen LogP contribution in [0.5, 0.6) is 0 Å². The maximum Gasteiger partial charge on any atom is 0.0563 e. The fraction of sp³-hybridized carbons (Fsp3) is 0.169. The molecule has 1 nitrogen and oxygen atoms in total. The number of benzene rings is 8. The topological polar surface area (TPSA) is 3.24 Å². The van der Waals surface area contributed by atoms with Gasteiger partial charge in [-0.15, -0.1) is 11.3 Å². The predicted octanol–water partition coefficient (Wildman–Crippen LogP) is 16.4. The van der Waals surface area contributed by atoms with Crippen LogP contribution in [0.2, 0.25) is 0 Å². The summed E-state index contributed by atoms with van der Waals surface area (Å²) in [5, 5.41) is 2.66. The molecule has 5 atom stereocenters. The van der Waals surface area contributed by atoms with E-state index in [9.17, 15) is 0 Å². The molecule has 0 spiro atoms. The van der Waals surface area contributed by atoms with Crippen molar-refractivity contribution in [3.63, 3.8) is 0 Å². The molecule has 0 fully saturated rings. The average Bonchev–Trinajstić information content (AvgIpc) is 3.99. The van der Waals surface area contributed by atoms with E-state index in [4.69, 9.17) is 0 Å². The summed E-state index contributed by atoms with van der Waals surface area (Å²) in [5.41, 5.74) is 18.6. The number of para-hydroxylation sites is 1. The fourth-order valence-corrected chi connectivity index (χ4v) is 15.5. The lowest BCUT2D eigenvalue weighted by molar-refractivity contribution is 0.201. The Morgan fingerprint density at radius 3 is 1.88 bits per heavy atom. The van der Waals surface area contributed by atoms with Crippen LogP contribution in [-0.2, 0) is 16.2 Å². The van der Waals surface area contributed by atoms with Gasteiger partial charge in [0, 0.05) is 42.9 Å². The van der Waals surface area contributed by atoms with Gasteiger partial charge in [-0.25, -0.2) is 0 Å². The zero-order chi connectivity index (χ0) is 44.5. The molecule has 67 heavy (non-hydrogen) atoms. The second-order valence-electron chi connectivity index (χ2n) is 20.1. The smallest absolute Gasteiger partial charge is 0.0563 e. The van der Waals surface area contributed by atoms with Gasteiger partial charge in [-0.3, -0.25) is 0 Å². The van der Waals surface area contributed by atoms with Crippen molar-refractivity contribution < 1.29 is 0 Å². The Labute approximate surface area is 398 Å². The molecule has 8 aromatic carbocycles. The number of thiophene rings is 1. The van der Waals surface area contributed by atoms with Gasteiger partial charge in [-0.2, -0.15) is 0 Å². The molecule has 5 aliphatic rings. The molecule has 5 aliphatic carbocycles. The third-order valence-corrected chi connectivity index (χ3v) is 18.0. The van der Waals surface area contributed by atoms with Gasteiger partial charge >= 0.3 is 0 Å². The molecule has 5 unspecified atom stereocenters. The van der Waals surface area contributed by atoms with E-state index in [2.05, 4.69) is 237 Å². The van der Waals surface area contributed by atoms with E-state index in [1.807, 2.05) is 11.3 Å². The summed E-state index contributed by atoms with van der Waals surface area (Å²) >= 11 is 1.90. The molecule has 0 aliphatic heterocycles. The molecule has 1 aromatic heterocycles. The highest BCUT2D eigenvalue weighted by atomic mass is 32.1. The SMILES string of the molecule is CC1(C)C2=CC(N(c3ccc4sc5ccccc5c4c3)c3ccccc3C3(c4ccccc4)c4ccccc4C4(c5ccccc5)c5ccccc5C5=CCCC3C54)CC=C2c2ccccc21. The molecule has 0 bridgehead atoms. The first-order valence-electron chi connectivity index (χ1n) is 24.3. The van der Waals surface area contributed by atoms with Crippen LogP contribution in [0.4, 0.5) is 11.4 Å². The van der Waals surface area contributed by atoms with Crippen LogP contribution in [0, 0.1) is 11.8 Å². The van der Waals surface area contributed by atoms with Gasteiger partial charge < -0.3 is 4.90 Å². The quantitative estimate of drug-likeness (QED) is 0.161. The fourth-order valence-electron chi connectivity index (χ4n) is 14.4. The third kappa shape index (κ3) is 5.20. The summed E-state index contributed by atoms with van der Waals surface area (Å²) in [7, 11) is 0. The van der Waals surface area contributed by atoms with Gasteiger partial charge in [-0.05, 0) is 122 Å². The number of hydrogen-bond donors (Lipinski definition) is 0. The molecule has 9 aromatic rings. The van der Waals surface area contributed by atoms with Crippen molar-refractivity contribution in [2.24, 2.45) is 11.8 Å². The lowest BCUT2D eigenvalue weighted by Gasteiger charge is -2.58. The Kier molecular flexibility index (Phi) is 8.48. The lowest BCUT2D eigenvalue weighted by Crippen LogP contribution is -2.55. The maximum atomic E-state index is 2.76. The number of rotatable bonds is 6. The molecule has 322 valence electrons. The molecule has 0 radical (unpaired) electrons. The Morgan fingerprint density at radius 1 is 0.507 bits per heavy atom. The number of fused-ring (bicyclic) bond motifs is 11. The zero-order valence-electron chi connectivity index (χ0n) is 38.0. The highest BCUT2D eigenvalue weighted by Crippen LogP contribution is 2.71. The first-order chi connectivity index (χ1) is 33.0. The van der Waals surface area contributed by atoms with Crippen molar-refractivity contribution in [2.45, 2.75) is 55.4 Å². The van der Waals surface area contributed by atoms with Crippen LogP contribution in [-0.4, -0.2) is 6.04 Å². The molecule has 0 amide bonds. The largest absolute Gasteiger partial charge is 0.334 e. The summed E-state index contributed by atoms with van der Waals surface area (Å²) < 4.78 is 2.66. The van der Waals surface area contributed by atoms with Crippen molar-refractivity contribution in [1.29, 1.82) is 0 Å². The van der Waals surface area contributed by atoms with E-state index < -0.39 is 5.41 Å². The number of anilines is 2. The lowest BCUT2D eigenvalue weighted by atomic mass is 9.44. The number of nitrogens with zero attached hydrogens (tertiary/aromatic N) is 1. The van der Waals surface area contributed by atoms with Crippen LogP contribution in [0.15, 0.2) is 224 Å². The standard InChI is InChI=1S/C65H51NS/c1-63(2)52-28-12-9-24-46(52)48-38-36-45(41-58(48)63)66(44-37-39-61-51(40-44)49-26-11-18-35-60(49)67-61)59-34-17-16-32-56(59)64(42-20-5-3-6-21-42)54-30-14-15-31-55(54)65(43-22-7-4-8-23-43)53-29-13-10-25-47(53)50-27-19-33-57(64)62(50)65/h3-18,20-32,34-35,37-41,45,57,62H,19,33,36H2,1-2H3. The Bertz CT molecular complexity index is 3570. The summed E-state index contributed by atoms with van der Waals surface area (Å²) in [4.78, 5) is 2.76. The van der Waals surface area contributed by atoms with Crippen LogP contribution >= 0.6 is 11.3 Å². The molecule has 14 rings (SSSR count). The number of hydrogen-bond acceptors (Lipinski definition) is 2. The van der Waals surface area contributed by atoms with E-state index in [1.165, 1.54) is 98.3 Å². The van der Waals surface area contributed by atoms with Crippen molar-refractivity contribution in [2.75, 3.05) is 4.90 Å². The molecule has 0 saturated heterocycles. The summed E-state index contributed by atoms with van der Waals surface area (Å²) in [6, 6.07) is 77.3. The normalized spacial score (nSPS) is 23.9. The Morgan fingerprint density at radius 2 is 1.10 bits per heavy atom. The summed E-state index contributed by atoms with van der Waals surface area (Å²) in [6.45, 7) is 4.86. The van der Waals surface area contributed by atoms with E-state index in [-0.39, 0.29) is 28.7 Å². The zero-order valence-corrected chi connectivity index (χ0v) is 38.8. The Balaban J connectivity index is 1.08. The van der Waals surface area contributed by atoms with Gasteiger partial charge in [0.15, 0.2) is 0 Å². The monoisotopic (exact) mass is 877 g/mol. The first kappa shape index (κ1) is 39.2. The van der Waals surface area contributed by atoms with E-state index in [0.717, 1.165) is 19.3 Å². The second-order valence-corrected chi connectivity index (χ2v) is 21.2. The van der Waals surface area contributed by atoms with E-state index in [1.54, 1.807) is 0 Å². The van der Waals surface area contributed by atoms with Crippen molar-refractivity contribution in [1.82, 2.24) is 0 Å². The van der Waals surface area contributed by atoms with E-state index >= 15 is 0 Å². The van der Waals surface area contributed by atoms with Crippen LogP contribution < -0.4 is 4.90 Å². The van der Waals surface area contributed by atoms with E-state index in [0.29, 0.717) is 0 Å². The van der Waals surface area contributed by atoms with Gasteiger partial charge in [0.2, 0.25) is 0 Å². The molecule has 0 saturated carbocycles. The molecule has 0 N–H and O–H groups in total.